The number of nitrogens with two attached hydrogens (primary N) is 1. The maximum atomic E-state index is 12.8. The molecule has 2 rings (SSSR count). The lowest BCUT2D eigenvalue weighted by Crippen LogP contribution is -2.52. The summed E-state index contributed by atoms with van der Waals surface area (Å²) in [5, 5.41) is 11.1. The molecule has 1 saturated heterocycles. The van der Waals surface area contributed by atoms with Gasteiger partial charge in [0.15, 0.2) is 5.96 Å². The Balaban J connectivity index is 2.06. The molecule has 0 radical (unpaired) electrons. The highest BCUT2D eigenvalue weighted by molar-refractivity contribution is 5.81. The van der Waals surface area contributed by atoms with E-state index in [4.69, 9.17) is 5.73 Å². The Morgan fingerprint density at radius 3 is 2.33 bits per heavy atom. The van der Waals surface area contributed by atoms with Gasteiger partial charge in [-0.3, -0.25) is 0 Å². The van der Waals surface area contributed by atoms with Gasteiger partial charge in [0.25, 0.3) is 0 Å². The third kappa shape index (κ3) is 5.61. The third-order valence-electron chi connectivity index (χ3n) is 5.40. The fraction of sp³-hybridized carbons (Fsp3) is 0.650. The zero-order chi connectivity index (χ0) is 20.1. The van der Waals surface area contributed by atoms with Crippen molar-refractivity contribution >= 4 is 11.6 Å². The van der Waals surface area contributed by atoms with E-state index in [1.54, 1.807) is 0 Å². The van der Waals surface area contributed by atoms with Crippen LogP contribution in [0, 0.1) is 5.92 Å². The number of rotatable bonds is 6. The van der Waals surface area contributed by atoms with Crippen molar-refractivity contribution in [3.05, 3.63) is 29.8 Å². The van der Waals surface area contributed by atoms with Crippen molar-refractivity contribution in [2.75, 3.05) is 13.1 Å². The molecule has 0 amide bonds. The summed E-state index contributed by atoms with van der Waals surface area (Å²) in [6.45, 7) is 5.35. The lowest BCUT2D eigenvalue weighted by molar-refractivity contribution is -0.137. The molecule has 1 aromatic rings. The number of hydrogen-bond acceptors (Lipinski definition) is 2. The first-order valence-corrected chi connectivity index (χ1v) is 9.68. The minimum atomic E-state index is -4.41. The van der Waals surface area contributed by atoms with Crippen LogP contribution < -0.4 is 5.73 Å². The monoisotopic (exact) mass is 385 g/mol. The molecule has 27 heavy (non-hydrogen) atoms. The summed E-state index contributed by atoms with van der Waals surface area (Å²) in [4.78, 5) is 6.00. The van der Waals surface area contributed by atoms with Crippen LogP contribution in [-0.4, -0.2) is 34.7 Å². The summed E-state index contributed by atoms with van der Waals surface area (Å²) in [5.74, 6) is 0.468. The molecule has 1 heterocycles. The fourth-order valence-electron chi connectivity index (χ4n) is 3.86. The van der Waals surface area contributed by atoms with Crippen LogP contribution >= 0.6 is 0 Å². The van der Waals surface area contributed by atoms with Crippen molar-refractivity contribution in [3.63, 3.8) is 0 Å². The zero-order valence-corrected chi connectivity index (χ0v) is 16.1. The molecule has 7 heteroatoms. The molecule has 1 aromatic carbocycles. The Labute approximate surface area is 159 Å². The molecule has 0 unspecified atom stereocenters. The smallest absolute Gasteiger partial charge is 0.389 e. The average Bonchev–Trinajstić information content (AvgIpc) is 2.61. The number of alkyl halides is 3. The standard InChI is InChI=1S/C20H30F3N3O/c1-3-6-15(7-4-2)19(27)10-12-26(13-11-19)18(24)25-17-9-5-8-16(14-17)20(21,22)23/h5,8-9,14-15,27H,3-4,6-7,10-13H2,1-2H3,(H2,24,25). The Kier molecular flexibility index (Phi) is 7.14. The van der Waals surface area contributed by atoms with Crippen molar-refractivity contribution in [1.82, 2.24) is 4.90 Å². The van der Waals surface area contributed by atoms with E-state index in [-0.39, 0.29) is 17.6 Å². The van der Waals surface area contributed by atoms with Crippen LogP contribution in [0.25, 0.3) is 0 Å². The van der Waals surface area contributed by atoms with E-state index in [1.165, 1.54) is 12.1 Å². The molecule has 0 spiro atoms. The maximum absolute atomic E-state index is 12.8. The summed E-state index contributed by atoms with van der Waals surface area (Å²) in [6.07, 6.45) is 0.852. The van der Waals surface area contributed by atoms with Crippen molar-refractivity contribution in [2.45, 2.75) is 64.1 Å². The maximum Gasteiger partial charge on any atom is 0.416 e. The minimum Gasteiger partial charge on any atom is -0.389 e. The Morgan fingerprint density at radius 2 is 1.81 bits per heavy atom. The molecule has 1 aliphatic rings. The van der Waals surface area contributed by atoms with E-state index >= 15 is 0 Å². The van der Waals surface area contributed by atoms with Gasteiger partial charge in [-0.25, -0.2) is 4.99 Å². The first-order valence-electron chi connectivity index (χ1n) is 9.68. The number of nitrogens with zero attached hydrogens (tertiary/aromatic N) is 2. The molecule has 1 aliphatic heterocycles. The predicted molar refractivity (Wildman–Crippen MR) is 102 cm³/mol. The highest BCUT2D eigenvalue weighted by Crippen LogP contribution is 2.36. The van der Waals surface area contributed by atoms with Crippen LogP contribution in [0.15, 0.2) is 29.3 Å². The van der Waals surface area contributed by atoms with Crippen LogP contribution in [-0.2, 0) is 6.18 Å². The minimum absolute atomic E-state index is 0.179. The Morgan fingerprint density at radius 1 is 1.22 bits per heavy atom. The Hall–Kier alpha value is -1.76. The van der Waals surface area contributed by atoms with Crippen molar-refractivity contribution in [1.29, 1.82) is 0 Å². The summed E-state index contributed by atoms with van der Waals surface area (Å²) < 4.78 is 38.5. The molecular formula is C20H30F3N3O. The van der Waals surface area contributed by atoms with E-state index in [2.05, 4.69) is 18.8 Å². The Bertz CT molecular complexity index is 632. The highest BCUT2D eigenvalue weighted by Gasteiger charge is 2.39. The number of aliphatic imine (C=N–C) groups is 1. The van der Waals surface area contributed by atoms with Crippen molar-refractivity contribution in [2.24, 2.45) is 16.6 Å². The fourth-order valence-corrected chi connectivity index (χ4v) is 3.86. The first kappa shape index (κ1) is 21.5. The average molecular weight is 385 g/mol. The number of benzene rings is 1. The molecule has 0 bridgehead atoms. The summed E-state index contributed by atoms with van der Waals surface area (Å²) >= 11 is 0. The molecular weight excluding hydrogens is 355 g/mol. The van der Waals surface area contributed by atoms with E-state index in [0.29, 0.717) is 25.9 Å². The van der Waals surface area contributed by atoms with Crippen LogP contribution in [0.3, 0.4) is 0 Å². The topological polar surface area (TPSA) is 61.8 Å². The quantitative estimate of drug-likeness (QED) is 0.551. The number of likely N-dealkylation sites (tertiary alicyclic amines) is 1. The van der Waals surface area contributed by atoms with Gasteiger partial charge in [0.1, 0.15) is 0 Å². The van der Waals surface area contributed by atoms with Crippen molar-refractivity contribution < 1.29 is 18.3 Å². The highest BCUT2D eigenvalue weighted by atomic mass is 19.4. The molecule has 1 fully saturated rings. The van der Waals surface area contributed by atoms with Crippen LogP contribution in [0.2, 0.25) is 0 Å². The molecule has 4 nitrogen and oxygen atoms in total. The normalized spacial score (nSPS) is 18.2. The molecule has 0 saturated carbocycles. The van der Waals surface area contributed by atoms with Gasteiger partial charge >= 0.3 is 6.18 Å². The van der Waals surface area contributed by atoms with Gasteiger partial charge < -0.3 is 15.7 Å². The second-order valence-electron chi connectivity index (χ2n) is 7.38. The molecule has 0 aliphatic carbocycles. The first-order chi connectivity index (χ1) is 12.7. The van der Waals surface area contributed by atoms with Gasteiger partial charge in [0, 0.05) is 13.1 Å². The number of hydrogen-bond donors (Lipinski definition) is 2. The zero-order valence-electron chi connectivity index (χ0n) is 16.1. The molecule has 3 N–H and O–H groups in total. The SMILES string of the molecule is CCCC(CCC)C1(O)CCN(C(N)=Nc2cccc(C(F)(F)F)c2)CC1. The van der Waals surface area contributed by atoms with E-state index in [0.717, 1.165) is 37.8 Å². The number of guanidine groups is 1. The van der Waals surface area contributed by atoms with Gasteiger partial charge in [-0.1, -0.05) is 32.8 Å². The van der Waals surface area contributed by atoms with Crippen molar-refractivity contribution in [3.8, 4) is 0 Å². The lowest BCUT2D eigenvalue weighted by Gasteiger charge is -2.43. The lowest BCUT2D eigenvalue weighted by atomic mass is 9.75. The molecule has 0 atom stereocenters. The summed E-state index contributed by atoms with van der Waals surface area (Å²) in [6, 6.07) is 4.83. The van der Waals surface area contributed by atoms with Crippen LogP contribution in [0.5, 0.6) is 0 Å². The summed E-state index contributed by atoms with van der Waals surface area (Å²) in [7, 11) is 0. The second-order valence-corrected chi connectivity index (χ2v) is 7.38. The van der Waals surface area contributed by atoms with Gasteiger partial charge in [0.2, 0.25) is 0 Å². The van der Waals surface area contributed by atoms with Gasteiger partial charge in [0.05, 0.1) is 16.9 Å². The second kappa shape index (κ2) is 8.95. The predicted octanol–water partition coefficient (Wildman–Crippen LogP) is 4.69. The van der Waals surface area contributed by atoms with Crippen LogP contribution in [0.4, 0.5) is 18.9 Å². The third-order valence-corrected chi connectivity index (χ3v) is 5.40. The van der Waals surface area contributed by atoms with Gasteiger partial charge in [-0.2, -0.15) is 13.2 Å². The van der Waals surface area contributed by atoms with E-state index in [1.807, 2.05) is 4.90 Å². The summed E-state index contributed by atoms with van der Waals surface area (Å²) in [5.41, 5.74) is 4.77. The van der Waals surface area contributed by atoms with Crippen LogP contribution in [0.1, 0.15) is 57.9 Å². The van der Waals surface area contributed by atoms with Gasteiger partial charge in [-0.05, 0) is 49.8 Å². The largest absolute Gasteiger partial charge is 0.416 e. The van der Waals surface area contributed by atoms with E-state index < -0.39 is 17.3 Å². The number of halogens is 3. The molecule has 0 aromatic heterocycles. The molecule has 152 valence electrons. The number of aliphatic hydroxyl groups is 1. The number of piperidine rings is 1. The van der Waals surface area contributed by atoms with Gasteiger partial charge in [-0.15, -0.1) is 0 Å². The van der Waals surface area contributed by atoms with E-state index in [9.17, 15) is 18.3 Å².